The van der Waals surface area contributed by atoms with Crippen molar-refractivity contribution in [2.45, 2.75) is 19.2 Å². The minimum absolute atomic E-state index is 0.219. The monoisotopic (exact) mass is 250 g/mol. The maximum Gasteiger partial charge on any atom is 0.325 e. The second kappa shape index (κ2) is 7.05. The molecule has 16 heavy (non-hydrogen) atoms. The fourth-order valence-electron chi connectivity index (χ4n) is 0.772. The van der Waals surface area contributed by atoms with E-state index in [1.807, 2.05) is 5.32 Å². The van der Waals surface area contributed by atoms with Gasteiger partial charge in [0.1, 0.15) is 11.9 Å². The van der Waals surface area contributed by atoms with Crippen molar-refractivity contribution in [3.05, 3.63) is 0 Å². The predicted molar refractivity (Wildman–Crippen MR) is 58.1 cm³/mol. The van der Waals surface area contributed by atoms with E-state index < -0.39 is 23.3 Å². The highest BCUT2D eigenvalue weighted by Gasteiger charge is 2.18. The van der Waals surface area contributed by atoms with E-state index in [0.717, 1.165) is 4.90 Å². The number of urea groups is 1. The Balaban J connectivity index is 4.09. The summed E-state index contributed by atoms with van der Waals surface area (Å²) in [6.07, 6.45) is 0. The maximum atomic E-state index is 11.3. The number of alkyl halides is 1. The first-order valence-corrected chi connectivity index (χ1v) is 5.17. The van der Waals surface area contributed by atoms with Crippen LogP contribution in [0.1, 0.15) is 13.8 Å². The molecule has 0 aliphatic heterocycles. The number of ether oxygens (including phenoxy) is 1. The summed E-state index contributed by atoms with van der Waals surface area (Å²) in [6, 6.07) is -0.689. The third kappa shape index (κ3) is 5.55. The van der Waals surface area contributed by atoms with Crippen LogP contribution in [0.25, 0.3) is 0 Å². The standard InChI is InChI=1S/C9H15ClN2O4/c1-4-16-7(13)5-12(3)9(15)11-8(14)6(2)10/h6H,4-5H2,1-3H3,(H,11,14,15). The van der Waals surface area contributed by atoms with E-state index in [1.54, 1.807) is 6.92 Å². The van der Waals surface area contributed by atoms with Gasteiger partial charge in [-0.2, -0.15) is 0 Å². The van der Waals surface area contributed by atoms with Gasteiger partial charge in [0, 0.05) is 7.05 Å². The maximum absolute atomic E-state index is 11.3. The molecule has 0 aromatic carbocycles. The van der Waals surface area contributed by atoms with Crippen LogP contribution in [-0.4, -0.2) is 48.4 Å². The molecule has 0 aromatic heterocycles. The number of esters is 1. The summed E-state index contributed by atoms with van der Waals surface area (Å²) in [5.41, 5.74) is 0. The molecule has 92 valence electrons. The van der Waals surface area contributed by atoms with Gasteiger partial charge in [-0.05, 0) is 13.8 Å². The Hall–Kier alpha value is -1.30. The Labute approximate surface area is 98.9 Å². The average Bonchev–Trinajstić information content (AvgIpc) is 2.17. The van der Waals surface area contributed by atoms with Crippen LogP contribution in [0.15, 0.2) is 0 Å². The molecular formula is C9H15ClN2O4. The van der Waals surface area contributed by atoms with Crippen molar-refractivity contribution in [1.82, 2.24) is 10.2 Å². The third-order valence-corrected chi connectivity index (χ3v) is 1.81. The Kier molecular flexibility index (Phi) is 6.48. The highest BCUT2D eigenvalue weighted by atomic mass is 35.5. The first kappa shape index (κ1) is 14.7. The first-order valence-electron chi connectivity index (χ1n) is 4.74. The van der Waals surface area contributed by atoms with Crippen LogP contribution < -0.4 is 5.32 Å². The highest BCUT2D eigenvalue weighted by molar-refractivity contribution is 6.31. The van der Waals surface area contributed by atoms with Crippen LogP contribution >= 0.6 is 11.6 Å². The lowest BCUT2D eigenvalue weighted by Gasteiger charge is -2.16. The van der Waals surface area contributed by atoms with Gasteiger partial charge in [-0.3, -0.25) is 14.9 Å². The Bertz CT molecular complexity index is 281. The normalized spacial score (nSPS) is 11.5. The number of rotatable bonds is 4. The topological polar surface area (TPSA) is 75.7 Å². The molecule has 0 aliphatic rings. The van der Waals surface area contributed by atoms with E-state index in [2.05, 4.69) is 4.74 Å². The van der Waals surface area contributed by atoms with Gasteiger partial charge in [0.2, 0.25) is 5.91 Å². The molecule has 0 bridgehead atoms. The fraction of sp³-hybridized carbons (Fsp3) is 0.667. The zero-order valence-electron chi connectivity index (χ0n) is 9.45. The molecule has 0 spiro atoms. The van der Waals surface area contributed by atoms with E-state index in [1.165, 1.54) is 14.0 Å². The number of carbonyl (C=O) groups excluding carboxylic acids is 3. The van der Waals surface area contributed by atoms with Gasteiger partial charge in [-0.15, -0.1) is 11.6 Å². The number of carbonyl (C=O) groups is 3. The van der Waals surface area contributed by atoms with Gasteiger partial charge in [-0.25, -0.2) is 4.79 Å². The molecule has 0 rings (SSSR count). The third-order valence-electron chi connectivity index (χ3n) is 1.61. The quantitative estimate of drug-likeness (QED) is 0.577. The Morgan fingerprint density at radius 3 is 2.44 bits per heavy atom. The number of imide groups is 1. The fourth-order valence-corrected chi connectivity index (χ4v) is 0.827. The van der Waals surface area contributed by atoms with Crippen molar-refractivity contribution in [3.8, 4) is 0 Å². The molecule has 7 heteroatoms. The first-order chi connectivity index (χ1) is 7.38. The molecule has 0 saturated heterocycles. The van der Waals surface area contributed by atoms with Crippen LogP contribution in [0.2, 0.25) is 0 Å². The zero-order chi connectivity index (χ0) is 12.7. The lowest BCUT2D eigenvalue weighted by molar-refractivity contribution is -0.143. The molecule has 0 aliphatic carbocycles. The molecular weight excluding hydrogens is 236 g/mol. The molecule has 0 radical (unpaired) electrons. The van der Waals surface area contributed by atoms with E-state index in [4.69, 9.17) is 11.6 Å². The van der Waals surface area contributed by atoms with Gasteiger partial charge in [0.05, 0.1) is 6.61 Å². The van der Waals surface area contributed by atoms with Gasteiger partial charge in [0.25, 0.3) is 0 Å². The molecule has 0 fully saturated rings. The summed E-state index contributed by atoms with van der Waals surface area (Å²) < 4.78 is 4.64. The summed E-state index contributed by atoms with van der Waals surface area (Å²) in [6.45, 7) is 3.13. The summed E-state index contributed by atoms with van der Waals surface area (Å²) in [5, 5.41) is 1.23. The molecule has 0 heterocycles. The lowest BCUT2D eigenvalue weighted by Crippen LogP contribution is -2.45. The number of hydrogen-bond acceptors (Lipinski definition) is 4. The van der Waals surface area contributed by atoms with Gasteiger partial charge < -0.3 is 9.64 Å². The van der Waals surface area contributed by atoms with Crippen molar-refractivity contribution in [3.63, 3.8) is 0 Å². The van der Waals surface area contributed by atoms with Gasteiger partial charge in [0.15, 0.2) is 0 Å². The molecule has 1 unspecified atom stereocenters. The number of amides is 3. The van der Waals surface area contributed by atoms with Gasteiger partial charge >= 0.3 is 12.0 Å². The molecule has 1 N–H and O–H groups in total. The van der Waals surface area contributed by atoms with Crippen molar-refractivity contribution in [2.75, 3.05) is 20.2 Å². The molecule has 3 amide bonds. The van der Waals surface area contributed by atoms with Crippen molar-refractivity contribution >= 4 is 29.5 Å². The van der Waals surface area contributed by atoms with E-state index >= 15 is 0 Å². The number of nitrogens with one attached hydrogen (secondary N) is 1. The van der Waals surface area contributed by atoms with Crippen molar-refractivity contribution in [2.24, 2.45) is 0 Å². The minimum atomic E-state index is -0.806. The molecule has 1 atom stereocenters. The van der Waals surface area contributed by atoms with Crippen molar-refractivity contribution < 1.29 is 19.1 Å². The lowest BCUT2D eigenvalue weighted by atomic mass is 10.4. The SMILES string of the molecule is CCOC(=O)CN(C)C(=O)NC(=O)C(C)Cl. The smallest absolute Gasteiger partial charge is 0.325 e. The number of hydrogen-bond donors (Lipinski definition) is 1. The summed E-state index contributed by atoms with van der Waals surface area (Å²) >= 11 is 5.46. The summed E-state index contributed by atoms with van der Waals surface area (Å²) in [5.74, 6) is -1.14. The summed E-state index contributed by atoms with van der Waals surface area (Å²) in [7, 11) is 1.37. The van der Waals surface area contributed by atoms with Crippen LogP contribution in [0.5, 0.6) is 0 Å². The Morgan fingerprint density at radius 2 is 2.00 bits per heavy atom. The van der Waals surface area contributed by atoms with Gasteiger partial charge in [-0.1, -0.05) is 0 Å². The minimum Gasteiger partial charge on any atom is -0.465 e. The van der Waals surface area contributed by atoms with Crippen LogP contribution in [0, 0.1) is 0 Å². The van der Waals surface area contributed by atoms with E-state index in [-0.39, 0.29) is 13.2 Å². The summed E-state index contributed by atoms with van der Waals surface area (Å²) in [4.78, 5) is 34.4. The molecule has 6 nitrogen and oxygen atoms in total. The van der Waals surface area contributed by atoms with E-state index in [9.17, 15) is 14.4 Å². The molecule has 0 saturated carbocycles. The number of likely N-dealkylation sites (N-methyl/N-ethyl adjacent to an activating group) is 1. The number of nitrogens with zero attached hydrogens (tertiary/aromatic N) is 1. The second-order valence-corrected chi connectivity index (χ2v) is 3.73. The van der Waals surface area contributed by atoms with Crippen molar-refractivity contribution in [1.29, 1.82) is 0 Å². The Morgan fingerprint density at radius 1 is 1.44 bits per heavy atom. The predicted octanol–water partition coefficient (Wildman–Crippen LogP) is 0.345. The van der Waals surface area contributed by atoms with Crippen LogP contribution in [0.4, 0.5) is 4.79 Å². The largest absolute Gasteiger partial charge is 0.465 e. The average molecular weight is 251 g/mol. The highest BCUT2D eigenvalue weighted by Crippen LogP contribution is 1.94. The van der Waals surface area contributed by atoms with E-state index in [0.29, 0.717) is 0 Å². The van der Waals surface area contributed by atoms with Crippen LogP contribution in [0.3, 0.4) is 0 Å². The second-order valence-electron chi connectivity index (χ2n) is 3.07. The molecule has 0 aromatic rings. The zero-order valence-corrected chi connectivity index (χ0v) is 10.2. The van der Waals surface area contributed by atoms with Crippen LogP contribution in [-0.2, 0) is 14.3 Å². The number of halogens is 1.